The summed E-state index contributed by atoms with van der Waals surface area (Å²) in [6.07, 6.45) is 6.55. The van der Waals surface area contributed by atoms with Crippen LogP contribution >= 0.6 is 0 Å². The summed E-state index contributed by atoms with van der Waals surface area (Å²) < 4.78 is 0. The molecule has 2 atom stereocenters. The number of aliphatic hydroxyl groups is 1. The molecule has 1 aliphatic rings. The van der Waals surface area contributed by atoms with Crippen molar-refractivity contribution in [3.63, 3.8) is 0 Å². The van der Waals surface area contributed by atoms with Gasteiger partial charge in [0.05, 0.1) is 0 Å². The van der Waals surface area contributed by atoms with E-state index in [2.05, 4.69) is 6.92 Å². The van der Waals surface area contributed by atoms with E-state index in [1.165, 1.54) is 25.7 Å². The highest BCUT2D eigenvalue weighted by molar-refractivity contribution is 4.85. The normalized spacial score (nSPS) is 30.6. The Bertz CT molecular complexity index is 90.7. The molecule has 0 spiro atoms. The molecule has 1 nitrogen and oxygen atoms in total. The van der Waals surface area contributed by atoms with Crippen molar-refractivity contribution in [3.05, 3.63) is 0 Å². The Morgan fingerprint density at radius 2 is 2.00 bits per heavy atom. The molecule has 0 radical (unpaired) electrons. The van der Waals surface area contributed by atoms with Crippen LogP contribution < -0.4 is 0 Å². The maximum Gasteiger partial charge on any atom is 0.0433 e. The van der Waals surface area contributed by atoms with Crippen LogP contribution in [0, 0.1) is 11.8 Å². The number of unbranched alkanes of at least 4 members (excludes halogenated alkanes) is 1. The number of hydrogen-bond acceptors (Lipinski definition) is 1. The standard InChI is InChI=1S/C9H18O/c1-2-3-4-8-7-9(8)5-6-10/h8-10H,2-7H2,1H3. The summed E-state index contributed by atoms with van der Waals surface area (Å²) in [5.41, 5.74) is 0. The fourth-order valence-corrected chi connectivity index (χ4v) is 1.65. The topological polar surface area (TPSA) is 20.2 Å². The van der Waals surface area contributed by atoms with Crippen LogP contribution in [-0.2, 0) is 0 Å². The van der Waals surface area contributed by atoms with Crippen molar-refractivity contribution < 1.29 is 5.11 Å². The molecule has 1 heteroatoms. The van der Waals surface area contributed by atoms with Crippen molar-refractivity contribution in [3.8, 4) is 0 Å². The lowest BCUT2D eigenvalue weighted by Gasteiger charge is -1.95. The van der Waals surface area contributed by atoms with Crippen LogP contribution in [0.4, 0.5) is 0 Å². The van der Waals surface area contributed by atoms with E-state index >= 15 is 0 Å². The van der Waals surface area contributed by atoms with Crippen molar-refractivity contribution in [2.45, 2.75) is 39.0 Å². The molecule has 1 rings (SSSR count). The van der Waals surface area contributed by atoms with E-state index in [0.717, 1.165) is 18.3 Å². The summed E-state index contributed by atoms with van der Waals surface area (Å²) in [7, 11) is 0. The lowest BCUT2D eigenvalue weighted by atomic mass is 10.1. The van der Waals surface area contributed by atoms with Crippen LogP contribution in [0.3, 0.4) is 0 Å². The number of aliphatic hydroxyl groups excluding tert-OH is 1. The molecule has 1 aliphatic carbocycles. The minimum atomic E-state index is 0.396. The molecule has 10 heavy (non-hydrogen) atoms. The highest BCUT2D eigenvalue weighted by Crippen LogP contribution is 2.44. The molecule has 1 N–H and O–H groups in total. The van der Waals surface area contributed by atoms with Gasteiger partial charge in [0.25, 0.3) is 0 Å². The maximum absolute atomic E-state index is 8.62. The van der Waals surface area contributed by atoms with Gasteiger partial charge in [-0.05, 0) is 24.7 Å². The Morgan fingerprint density at radius 3 is 2.60 bits per heavy atom. The first-order valence-electron chi connectivity index (χ1n) is 4.49. The molecule has 0 aromatic carbocycles. The minimum absolute atomic E-state index is 0.396. The molecule has 1 saturated carbocycles. The molecule has 0 aromatic heterocycles. The van der Waals surface area contributed by atoms with E-state index in [4.69, 9.17) is 5.11 Å². The summed E-state index contributed by atoms with van der Waals surface area (Å²) in [4.78, 5) is 0. The third-order valence-electron chi connectivity index (χ3n) is 2.50. The SMILES string of the molecule is CCCCC1CC1CCO. The molecular formula is C9H18O. The van der Waals surface area contributed by atoms with E-state index < -0.39 is 0 Å². The van der Waals surface area contributed by atoms with Gasteiger partial charge in [0.15, 0.2) is 0 Å². The zero-order chi connectivity index (χ0) is 7.40. The second-order valence-corrected chi connectivity index (χ2v) is 3.41. The smallest absolute Gasteiger partial charge is 0.0433 e. The van der Waals surface area contributed by atoms with Crippen LogP contribution in [0.1, 0.15) is 39.0 Å². The predicted molar refractivity (Wildman–Crippen MR) is 42.8 cm³/mol. The van der Waals surface area contributed by atoms with Crippen molar-refractivity contribution >= 4 is 0 Å². The quantitative estimate of drug-likeness (QED) is 0.624. The fraction of sp³-hybridized carbons (Fsp3) is 1.00. The van der Waals surface area contributed by atoms with Gasteiger partial charge in [-0.2, -0.15) is 0 Å². The van der Waals surface area contributed by atoms with Crippen LogP contribution in [-0.4, -0.2) is 11.7 Å². The monoisotopic (exact) mass is 142 g/mol. The van der Waals surface area contributed by atoms with Gasteiger partial charge < -0.3 is 5.11 Å². The Hall–Kier alpha value is -0.0400. The van der Waals surface area contributed by atoms with Gasteiger partial charge >= 0.3 is 0 Å². The second-order valence-electron chi connectivity index (χ2n) is 3.41. The summed E-state index contributed by atoms with van der Waals surface area (Å²) in [5.74, 6) is 1.86. The molecule has 2 unspecified atom stereocenters. The van der Waals surface area contributed by atoms with Crippen molar-refractivity contribution in [2.75, 3.05) is 6.61 Å². The zero-order valence-corrected chi connectivity index (χ0v) is 6.84. The predicted octanol–water partition coefficient (Wildman–Crippen LogP) is 2.20. The van der Waals surface area contributed by atoms with Gasteiger partial charge in [0.2, 0.25) is 0 Å². The molecule has 0 aliphatic heterocycles. The van der Waals surface area contributed by atoms with Gasteiger partial charge in [-0.15, -0.1) is 0 Å². The Morgan fingerprint density at radius 1 is 1.30 bits per heavy atom. The maximum atomic E-state index is 8.62. The van der Waals surface area contributed by atoms with Gasteiger partial charge in [-0.1, -0.05) is 26.2 Å². The lowest BCUT2D eigenvalue weighted by Crippen LogP contribution is -1.87. The Kier molecular flexibility index (Phi) is 3.20. The van der Waals surface area contributed by atoms with Gasteiger partial charge in [0.1, 0.15) is 0 Å². The van der Waals surface area contributed by atoms with Crippen molar-refractivity contribution in [2.24, 2.45) is 11.8 Å². The average Bonchev–Trinajstić information content (AvgIpc) is 2.65. The van der Waals surface area contributed by atoms with E-state index in [0.29, 0.717) is 6.61 Å². The summed E-state index contributed by atoms with van der Waals surface area (Å²) in [6.45, 7) is 2.64. The third kappa shape index (κ3) is 2.30. The molecule has 0 aromatic rings. The molecule has 1 fully saturated rings. The van der Waals surface area contributed by atoms with Crippen LogP contribution in [0.2, 0.25) is 0 Å². The van der Waals surface area contributed by atoms with Gasteiger partial charge in [-0.25, -0.2) is 0 Å². The highest BCUT2D eigenvalue weighted by Gasteiger charge is 2.34. The van der Waals surface area contributed by atoms with E-state index in [1.807, 2.05) is 0 Å². The second kappa shape index (κ2) is 3.97. The highest BCUT2D eigenvalue weighted by atomic mass is 16.3. The first-order chi connectivity index (χ1) is 4.88. The van der Waals surface area contributed by atoms with Gasteiger partial charge in [-0.3, -0.25) is 0 Å². The number of rotatable bonds is 5. The first kappa shape index (κ1) is 8.06. The van der Waals surface area contributed by atoms with Crippen molar-refractivity contribution in [1.82, 2.24) is 0 Å². The Balaban J connectivity index is 1.92. The molecule has 0 amide bonds. The average molecular weight is 142 g/mol. The first-order valence-corrected chi connectivity index (χ1v) is 4.49. The fourth-order valence-electron chi connectivity index (χ4n) is 1.65. The number of hydrogen-bond donors (Lipinski definition) is 1. The molecule has 60 valence electrons. The summed E-state index contributed by atoms with van der Waals surface area (Å²) in [5, 5.41) is 8.62. The van der Waals surface area contributed by atoms with Crippen LogP contribution in [0.5, 0.6) is 0 Å². The summed E-state index contributed by atoms with van der Waals surface area (Å²) >= 11 is 0. The molecule has 0 saturated heterocycles. The molecule has 0 heterocycles. The van der Waals surface area contributed by atoms with E-state index in [9.17, 15) is 0 Å². The van der Waals surface area contributed by atoms with Crippen LogP contribution in [0.15, 0.2) is 0 Å². The van der Waals surface area contributed by atoms with Gasteiger partial charge in [0, 0.05) is 6.61 Å². The third-order valence-corrected chi connectivity index (χ3v) is 2.50. The molecule has 0 bridgehead atoms. The van der Waals surface area contributed by atoms with Crippen molar-refractivity contribution in [1.29, 1.82) is 0 Å². The lowest BCUT2D eigenvalue weighted by molar-refractivity contribution is 0.276. The minimum Gasteiger partial charge on any atom is -0.396 e. The van der Waals surface area contributed by atoms with E-state index in [1.54, 1.807) is 0 Å². The van der Waals surface area contributed by atoms with E-state index in [-0.39, 0.29) is 0 Å². The largest absolute Gasteiger partial charge is 0.396 e. The molecular weight excluding hydrogens is 124 g/mol. The summed E-state index contributed by atoms with van der Waals surface area (Å²) in [6, 6.07) is 0. The zero-order valence-electron chi connectivity index (χ0n) is 6.84. The van der Waals surface area contributed by atoms with Crippen LogP contribution in [0.25, 0.3) is 0 Å². The Labute approximate surface area is 63.4 Å².